The molecule has 0 aliphatic carbocycles. The van der Waals surface area contributed by atoms with Crippen LogP contribution < -0.4 is 4.57 Å². The number of carbonyl (C=O) groups excluding carboxylic acids is 1. The molecule has 0 spiro atoms. The maximum atomic E-state index is 11.7. The van der Waals surface area contributed by atoms with Gasteiger partial charge in [0, 0.05) is 12.5 Å². The molecule has 94 valence electrons. The van der Waals surface area contributed by atoms with Crippen molar-refractivity contribution in [1.82, 2.24) is 0 Å². The minimum atomic E-state index is -0.230. The van der Waals surface area contributed by atoms with Crippen molar-refractivity contribution < 1.29 is 14.1 Å². The van der Waals surface area contributed by atoms with E-state index < -0.39 is 0 Å². The van der Waals surface area contributed by atoms with Crippen LogP contribution in [0.25, 0.3) is 0 Å². The van der Waals surface area contributed by atoms with Crippen LogP contribution in [0.5, 0.6) is 0 Å². The summed E-state index contributed by atoms with van der Waals surface area (Å²) >= 11 is 1.43. The first-order chi connectivity index (χ1) is 8.72. The zero-order valence-electron chi connectivity index (χ0n) is 10.6. The summed E-state index contributed by atoms with van der Waals surface area (Å²) in [6.45, 7) is 4.96. The fourth-order valence-electron chi connectivity index (χ4n) is 1.74. The number of esters is 1. The molecule has 0 unspecified atom stereocenters. The third kappa shape index (κ3) is 2.76. The standard InChI is InChI=1S/C14H16NO2S/c1-3-17-14(16)13-11(2)15(10-18-13)9-12-7-5-4-6-8-12/h4-8,10H,3,9H2,1-2H3/q+1. The quantitative estimate of drug-likeness (QED) is 0.626. The summed E-state index contributed by atoms with van der Waals surface area (Å²) in [5.74, 6) is -0.230. The number of benzene rings is 1. The SMILES string of the molecule is CCOC(=O)c1sc[n+](Cc2ccccc2)c1C. The summed E-state index contributed by atoms with van der Waals surface area (Å²) in [5, 5.41) is 0. The number of ether oxygens (including phenoxy) is 1. The van der Waals surface area contributed by atoms with Crippen LogP contribution in [-0.2, 0) is 11.3 Å². The average molecular weight is 262 g/mol. The molecule has 0 radical (unpaired) electrons. The molecule has 2 aromatic rings. The van der Waals surface area contributed by atoms with Crippen LogP contribution in [0.3, 0.4) is 0 Å². The minimum Gasteiger partial charge on any atom is -0.462 e. The second kappa shape index (κ2) is 5.78. The van der Waals surface area contributed by atoms with Gasteiger partial charge in [0.15, 0.2) is 11.4 Å². The van der Waals surface area contributed by atoms with E-state index in [2.05, 4.69) is 16.7 Å². The zero-order chi connectivity index (χ0) is 13.0. The van der Waals surface area contributed by atoms with E-state index in [0.717, 1.165) is 12.2 Å². The van der Waals surface area contributed by atoms with Crippen molar-refractivity contribution in [3.8, 4) is 0 Å². The number of nitrogens with zero attached hydrogens (tertiary/aromatic N) is 1. The van der Waals surface area contributed by atoms with Crippen molar-refractivity contribution in [1.29, 1.82) is 0 Å². The molecule has 2 rings (SSSR count). The maximum Gasteiger partial charge on any atom is 0.355 e. The van der Waals surface area contributed by atoms with E-state index in [1.165, 1.54) is 16.9 Å². The molecule has 4 heteroatoms. The fourth-order valence-corrected chi connectivity index (χ4v) is 2.65. The molecule has 3 nitrogen and oxygen atoms in total. The minimum absolute atomic E-state index is 0.230. The van der Waals surface area contributed by atoms with Gasteiger partial charge in [-0.3, -0.25) is 0 Å². The molecular weight excluding hydrogens is 246 g/mol. The Bertz CT molecular complexity index is 534. The van der Waals surface area contributed by atoms with Crippen molar-refractivity contribution in [2.24, 2.45) is 0 Å². The molecule has 0 bridgehead atoms. The highest BCUT2D eigenvalue weighted by molar-refractivity contribution is 7.11. The molecule has 0 aliphatic heterocycles. The molecule has 0 saturated carbocycles. The second-order valence-electron chi connectivity index (χ2n) is 3.97. The summed E-state index contributed by atoms with van der Waals surface area (Å²) in [7, 11) is 0. The Labute approximate surface area is 111 Å². The smallest absolute Gasteiger partial charge is 0.355 e. The molecule has 1 heterocycles. The van der Waals surface area contributed by atoms with Gasteiger partial charge in [0.2, 0.25) is 11.2 Å². The molecule has 0 N–H and O–H groups in total. The number of thiazole rings is 1. The van der Waals surface area contributed by atoms with Gasteiger partial charge in [-0.2, -0.15) is 4.57 Å². The van der Waals surface area contributed by atoms with Gasteiger partial charge in [-0.25, -0.2) is 4.79 Å². The first kappa shape index (κ1) is 12.8. The van der Waals surface area contributed by atoms with Crippen LogP contribution in [0.1, 0.15) is 27.9 Å². The second-order valence-corrected chi connectivity index (χ2v) is 4.83. The number of aromatic nitrogens is 1. The van der Waals surface area contributed by atoms with Crippen LogP contribution in [0.4, 0.5) is 0 Å². The average Bonchev–Trinajstić information content (AvgIpc) is 2.73. The van der Waals surface area contributed by atoms with Crippen LogP contribution in [0, 0.1) is 6.92 Å². The Hall–Kier alpha value is -1.68. The van der Waals surface area contributed by atoms with E-state index in [1.54, 1.807) is 0 Å². The van der Waals surface area contributed by atoms with E-state index in [4.69, 9.17) is 4.74 Å². The van der Waals surface area contributed by atoms with E-state index in [1.807, 2.05) is 37.6 Å². The monoisotopic (exact) mass is 262 g/mol. The number of hydrogen-bond acceptors (Lipinski definition) is 3. The largest absolute Gasteiger partial charge is 0.462 e. The number of carbonyl (C=O) groups is 1. The third-order valence-corrected chi connectivity index (χ3v) is 3.77. The van der Waals surface area contributed by atoms with E-state index in [-0.39, 0.29) is 5.97 Å². The first-order valence-corrected chi connectivity index (χ1v) is 6.79. The highest BCUT2D eigenvalue weighted by Gasteiger charge is 2.22. The van der Waals surface area contributed by atoms with Gasteiger partial charge in [-0.15, -0.1) is 0 Å². The molecule has 0 atom stereocenters. The van der Waals surface area contributed by atoms with Gasteiger partial charge in [0.25, 0.3) is 0 Å². The topological polar surface area (TPSA) is 30.2 Å². The molecule has 0 saturated heterocycles. The Morgan fingerprint density at radius 2 is 2.06 bits per heavy atom. The van der Waals surface area contributed by atoms with Gasteiger partial charge < -0.3 is 4.74 Å². The van der Waals surface area contributed by atoms with E-state index in [9.17, 15) is 4.79 Å². The van der Waals surface area contributed by atoms with Gasteiger partial charge in [0.1, 0.15) is 0 Å². The summed E-state index contributed by atoms with van der Waals surface area (Å²) < 4.78 is 7.11. The van der Waals surface area contributed by atoms with Gasteiger partial charge in [-0.05, 0) is 6.92 Å². The van der Waals surface area contributed by atoms with Crippen molar-refractivity contribution >= 4 is 17.3 Å². The lowest BCUT2D eigenvalue weighted by Crippen LogP contribution is -2.35. The maximum absolute atomic E-state index is 11.7. The predicted octanol–water partition coefficient (Wildman–Crippen LogP) is 2.57. The van der Waals surface area contributed by atoms with Crippen LogP contribution >= 0.6 is 11.3 Å². The highest BCUT2D eigenvalue weighted by Crippen LogP contribution is 2.13. The summed E-state index contributed by atoms with van der Waals surface area (Å²) in [5.41, 5.74) is 4.15. The normalized spacial score (nSPS) is 10.3. The lowest BCUT2D eigenvalue weighted by molar-refractivity contribution is -0.689. The van der Waals surface area contributed by atoms with Crippen LogP contribution in [0.15, 0.2) is 35.8 Å². The number of rotatable bonds is 4. The lowest BCUT2D eigenvalue weighted by Gasteiger charge is -1.98. The predicted molar refractivity (Wildman–Crippen MR) is 70.8 cm³/mol. The van der Waals surface area contributed by atoms with E-state index in [0.29, 0.717) is 11.5 Å². The fraction of sp³-hybridized carbons (Fsp3) is 0.286. The summed E-state index contributed by atoms with van der Waals surface area (Å²) in [6, 6.07) is 10.2. The zero-order valence-corrected chi connectivity index (χ0v) is 11.4. The van der Waals surface area contributed by atoms with Gasteiger partial charge in [-0.1, -0.05) is 41.7 Å². The molecule has 0 fully saturated rings. The molecule has 18 heavy (non-hydrogen) atoms. The molecule has 1 aromatic carbocycles. The third-order valence-electron chi connectivity index (χ3n) is 2.71. The van der Waals surface area contributed by atoms with Gasteiger partial charge >= 0.3 is 5.97 Å². The van der Waals surface area contributed by atoms with Crippen molar-refractivity contribution in [3.05, 3.63) is 52.0 Å². The summed E-state index contributed by atoms with van der Waals surface area (Å²) in [6.07, 6.45) is 0. The molecule has 1 aromatic heterocycles. The molecule has 0 aliphatic rings. The van der Waals surface area contributed by atoms with Crippen LogP contribution in [0.2, 0.25) is 0 Å². The highest BCUT2D eigenvalue weighted by atomic mass is 32.1. The summed E-state index contributed by atoms with van der Waals surface area (Å²) in [4.78, 5) is 12.4. The van der Waals surface area contributed by atoms with Gasteiger partial charge in [0.05, 0.1) is 6.61 Å². The molecule has 0 amide bonds. The first-order valence-electron chi connectivity index (χ1n) is 5.91. The lowest BCUT2D eigenvalue weighted by atomic mass is 10.2. The van der Waals surface area contributed by atoms with Crippen LogP contribution in [-0.4, -0.2) is 12.6 Å². The number of hydrogen-bond donors (Lipinski definition) is 0. The Morgan fingerprint density at radius 1 is 1.33 bits per heavy atom. The van der Waals surface area contributed by atoms with Crippen molar-refractivity contribution in [2.45, 2.75) is 20.4 Å². The molecular formula is C14H16NO2S+. The Balaban J connectivity index is 2.18. The van der Waals surface area contributed by atoms with Crippen molar-refractivity contribution in [3.63, 3.8) is 0 Å². The Morgan fingerprint density at radius 3 is 2.72 bits per heavy atom. The van der Waals surface area contributed by atoms with Crippen molar-refractivity contribution in [2.75, 3.05) is 6.61 Å². The Kier molecular flexibility index (Phi) is 4.10. The van der Waals surface area contributed by atoms with E-state index >= 15 is 0 Å².